The van der Waals surface area contributed by atoms with Gasteiger partial charge in [-0.05, 0) is 99.4 Å². The van der Waals surface area contributed by atoms with Crippen LogP contribution in [-0.2, 0) is 0 Å². The fourth-order valence-electron chi connectivity index (χ4n) is 8.22. The molecule has 0 unspecified atom stereocenters. The summed E-state index contributed by atoms with van der Waals surface area (Å²) >= 11 is 0. The van der Waals surface area contributed by atoms with Gasteiger partial charge < -0.3 is 0 Å². The SMILES string of the molecule is c1ccc(-c2ccc(-c3ccc(-c4ccc5ccccc5c4-c4c(-c5ccc(-c6ccc(-c7ccccc7)cc6)cc5)ccc5ccccc45)cc3)cc2)cc1. The summed E-state index contributed by atoms with van der Waals surface area (Å²) in [5.41, 5.74) is 17.1. The average molecular weight is 711 g/mol. The lowest BCUT2D eigenvalue weighted by molar-refractivity contribution is 1.57. The maximum absolute atomic E-state index is 2.31. The molecular formula is C56H38. The lowest BCUT2D eigenvalue weighted by Crippen LogP contribution is -1.93. The molecule has 0 aliphatic heterocycles. The molecule has 0 saturated carbocycles. The van der Waals surface area contributed by atoms with Crippen molar-refractivity contribution in [3.8, 4) is 77.9 Å². The zero-order chi connectivity index (χ0) is 37.3. The van der Waals surface area contributed by atoms with Gasteiger partial charge in [0.25, 0.3) is 0 Å². The van der Waals surface area contributed by atoms with E-state index in [1.165, 1.54) is 99.4 Å². The highest BCUT2D eigenvalue weighted by molar-refractivity contribution is 6.14. The van der Waals surface area contributed by atoms with Crippen LogP contribution in [0.1, 0.15) is 0 Å². The van der Waals surface area contributed by atoms with E-state index in [1.54, 1.807) is 0 Å². The first kappa shape index (κ1) is 33.3. The van der Waals surface area contributed by atoms with E-state index < -0.39 is 0 Å². The minimum absolute atomic E-state index is 1.20. The van der Waals surface area contributed by atoms with Gasteiger partial charge in [0, 0.05) is 0 Å². The number of hydrogen-bond acceptors (Lipinski definition) is 0. The van der Waals surface area contributed by atoms with Crippen molar-refractivity contribution < 1.29 is 0 Å². The summed E-state index contributed by atoms with van der Waals surface area (Å²) in [6, 6.07) is 83.9. The summed E-state index contributed by atoms with van der Waals surface area (Å²) in [6.07, 6.45) is 0. The predicted molar refractivity (Wildman–Crippen MR) is 240 cm³/mol. The van der Waals surface area contributed by atoms with Crippen LogP contribution < -0.4 is 0 Å². The van der Waals surface area contributed by atoms with Gasteiger partial charge in [-0.15, -0.1) is 0 Å². The van der Waals surface area contributed by atoms with Crippen molar-refractivity contribution in [3.05, 3.63) is 231 Å². The molecule has 0 aliphatic carbocycles. The van der Waals surface area contributed by atoms with Crippen LogP contribution in [0.2, 0.25) is 0 Å². The number of rotatable bonds is 7. The van der Waals surface area contributed by atoms with E-state index in [-0.39, 0.29) is 0 Å². The highest BCUT2D eigenvalue weighted by Crippen LogP contribution is 2.46. The Morgan fingerprint density at radius 2 is 0.411 bits per heavy atom. The topological polar surface area (TPSA) is 0 Å². The molecule has 0 amide bonds. The molecule has 0 heteroatoms. The van der Waals surface area contributed by atoms with Crippen LogP contribution in [0.25, 0.3) is 99.4 Å². The second-order valence-electron chi connectivity index (χ2n) is 14.5. The third-order valence-corrected chi connectivity index (χ3v) is 11.2. The van der Waals surface area contributed by atoms with Crippen LogP contribution in [0.3, 0.4) is 0 Å². The van der Waals surface area contributed by atoms with Crippen molar-refractivity contribution in [2.45, 2.75) is 0 Å². The van der Waals surface area contributed by atoms with Gasteiger partial charge >= 0.3 is 0 Å². The smallest absolute Gasteiger partial charge is 0.00143 e. The third kappa shape index (κ3) is 6.28. The fourth-order valence-corrected chi connectivity index (χ4v) is 8.22. The van der Waals surface area contributed by atoms with Gasteiger partial charge in [-0.25, -0.2) is 0 Å². The van der Waals surface area contributed by atoms with E-state index in [0.717, 1.165) is 0 Å². The van der Waals surface area contributed by atoms with Crippen LogP contribution in [-0.4, -0.2) is 0 Å². The molecule has 0 aliphatic rings. The first-order chi connectivity index (χ1) is 27.8. The molecule has 0 atom stereocenters. The normalized spacial score (nSPS) is 11.2. The van der Waals surface area contributed by atoms with Gasteiger partial charge in [0.2, 0.25) is 0 Å². The van der Waals surface area contributed by atoms with Crippen molar-refractivity contribution in [1.82, 2.24) is 0 Å². The summed E-state index contributed by atoms with van der Waals surface area (Å²) in [5, 5.41) is 4.96. The van der Waals surface area contributed by atoms with Crippen LogP contribution >= 0.6 is 0 Å². The quantitative estimate of drug-likeness (QED) is 0.154. The largest absolute Gasteiger partial charge is 0.0622 e. The Morgan fingerprint density at radius 3 is 0.732 bits per heavy atom. The molecule has 0 radical (unpaired) electrons. The summed E-state index contributed by atoms with van der Waals surface area (Å²) in [5.74, 6) is 0. The van der Waals surface area contributed by atoms with Gasteiger partial charge in [-0.3, -0.25) is 0 Å². The standard InChI is InChI=1S/C56H38/c1-3-11-39(12-4-1)41-19-23-43(24-20-41)45-27-31-49(32-28-45)53-37-35-47-15-7-9-17-51(47)55(53)56-52-18-10-8-16-48(52)36-38-54(56)50-33-29-46(30-34-50)44-25-21-42(22-26-44)40-13-5-2-6-14-40/h1-38H. The molecule has 0 N–H and O–H groups in total. The molecule has 262 valence electrons. The molecule has 10 rings (SSSR count). The molecule has 0 fully saturated rings. The van der Waals surface area contributed by atoms with E-state index in [9.17, 15) is 0 Å². The first-order valence-electron chi connectivity index (χ1n) is 19.3. The first-order valence-corrected chi connectivity index (χ1v) is 19.3. The Balaban J connectivity index is 1.07. The van der Waals surface area contributed by atoms with Crippen LogP contribution in [0.4, 0.5) is 0 Å². The number of hydrogen-bond donors (Lipinski definition) is 0. The maximum Gasteiger partial charge on any atom is -0.00143 e. The molecule has 0 saturated heterocycles. The average Bonchev–Trinajstić information content (AvgIpc) is 3.29. The molecule has 0 nitrogen and oxygen atoms in total. The summed E-state index contributed by atoms with van der Waals surface area (Å²) in [4.78, 5) is 0. The van der Waals surface area contributed by atoms with Crippen molar-refractivity contribution >= 4 is 21.5 Å². The van der Waals surface area contributed by atoms with Gasteiger partial charge in [-0.1, -0.05) is 231 Å². The van der Waals surface area contributed by atoms with Crippen LogP contribution in [0, 0.1) is 0 Å². The molecule has 0 spiro atoms. The lowest BCUT2D eigenvalue weighted by Gasteiger charge is -2.20. The minimum atomic E-state index is 1.20. The zero-order valence-corrected chi connectivity index (χ0v) is 30.9. The van der Waals surface area contributed by atoms with Crippen LogP contribution in [0.5, 0.6) is 0 Å². The number of fused-ring (bicyclic) bond motifs is 2. The summed E-state index contributed by atoms with van der Waals surface area (Å²) < 4.78 is 0. The molecule has 10 aromatic rings. The van der Waals surface area contributed by atoms with Crippen molar-refractivity contribution in [1.29, 1.82) is 0 Å². The Bertz CT molecular complexity index is 2730. The van der Waals surface area contributed by atoms with Gasteiger partial charge in [0.05, 0.1) is 0 Å². The monoisotopic (exact) mass is 710 g/mol. The second kappa shape index (κ2) is 14.5. The van der Waals surface area contributed by atoms with Gasteiger partial charge in [0.15, 0.2) is 0 Å². The highest BCUT2D eigenvalue weighted by atomic mass is 14.2. The maximum atomic E-state index is 2.31. The third-order valence-electron chi connectivity index (χ3n) is 11.2. The molecule has 0 heterocycles. The minimum Gasteiger partial charge on any atom is -0.0622 e. The van der Waals surface area contributed by atoms with Crippen molar-refractivity contribution in [2.24, 2.45) is 0 Å². The van der Waals surface area contributed by atoms with Gasteiger partial charge in [-0.2, -0.15) is 0 Å². The molecule has 56 heavy (non-hydrogen) atoms. The fraction of sp³-hybridized carbons (Fsp3) is 0. The molecule has 0 aromatic heterocycles. The molecule has 10 aromatic carbocycles. The molecular weight excluding hydrogens is 673 g/mol. The van der Waals surface area contributed by atoms with Gasteiger partial charge in [0.1, 0.15) is 0 Å². The lowest BCUT2D eigenvalue weighted by atomic mass is 9.83. The Hall–Kier alpha value is -7.28. The molecule has 0 bridgehead atoms. The Labute approximate surface area is 328 Å². The highest BCUT2D eigenvalue weighted by Gasteiger charge is 2.19. The van der Waals surface area contributed by atoms with Crippen molar-refractivity contribution in [3.63, 3.8) is 0 Å². The van der Waals surface area contributed by atoms with E-state index in [0.29, 0.717) is 0 Å². The van der Waals surface area contributed by atoms with E-state index in [1.807, 2.05) is 0 Å². The summed E-state index contributed by atoms with van der Waals surface area (Å²) in [6.45, 7) is 0. The van der Waals surface area contributed by atoms with E-state index in [4.69, 9.17) is 0 Å². The van der Waals surface area contributed by atoms with E-state index >= 15 is 0 Å². The summed E-state index contributed by atoms with van der Waals surface area (Å²) in [7, 11) is 0. The zero-order valence-electron chi connectivity index (χ0n) is 30.9. The van der Waals surface area contributed by atoms with Crippen LogP contribution in [0.15, 0.2) is 231 Å². The Kier molecular flexibility index (Phi) is 8.63. The second-order valence-corrected chi connectivity index (χ2v) is 14.5. The van der Waals surface area contributed by atoms with E-state index in [2.05, 4.69) is 231 Å². The number of benzene rings is 10. The Morgan fingerprint density at radius 1 is 0.161 bits per heavy atom. The predicted octanol–water partition coefficient (Wildman–Crippen LogP) is 15.7. The van der Waals surface area contributed by atoms with Crippen molar-refractivity contribution in [2.75, 3.05) is 0 Å².